The molecule has 1 saturated heterocycles. The Morgan fingerprint density at radius 2 is 1.85 bits per heavy atom. The second kappa shape index (κ2) is 18.8. The number of nitrogens with zero attached hydrogens (tertiary/aromatic N) is 4. The number of aliphatic hydroxyl groups is 1. The molecular weight excluding hydrogens is 757 g/mol. The van der Waals surface area contributed by atoms with Crippen molar-refractivity contribution < 1.29 is 48.0 Å². The first-order valence-corrected chi connectivity index (χ1v) is 20.3. The highest BCUT2D eigenvalue weighted by Gasteiger charge is 2.53. The highest BCUT2D eigenvalue weighted by Crippen LogP contribution is 2.40. The van der Waals surface area contributed by atoms with Gasteiger partial charge >= 0.3 is 12.1 Å². The van der Waals surface area contributed by atoms with Crippen LogP contribution in [0.15, 0.2) is 73.0 Å². The number of likely N-dealkylation sites (N-methyl/N-ethyl adjacent to an activating group) is 1. The molecular formula is C45H60N4O10. The molecule has 320 valence electrons. The monoisotopic (exact) mass is 816 g/mol. The minimum atomic E-state index is -1.90. The number of fused-ring (bicyclic) bond motifs is 1. The Bertz CT molecular complexity index is 2030. The molecule has 4 heterocycles. The van der Waals surface area contributed by atoms with Crippen LogP contribution < -0.4 is 0 Å². The van der Waals surface area contributed by atoms with E-state index in [4.69, 9.17) is 23.7 Å². The zero-order valence-corrected chi connectivity index (χ0v) is 35.9. The molecule has 1 aromatic carbocycles. The van der Waals surface area contributed by atoms with Crippen molar-refractivity contribution in [3.63, 3.8) is 0 Å². The van der Waals surface area contributed by atoms with Crippen LogP contribution in [-0.2, 0) is 38.1 Å². The van der Waals surface area contributed by atoms with Crippen LogP contribution in [-0.4, -0.2) is 117 Å². The number of cyclic esters (lactones) is 1. The van der Waals surface area contributed by atoms with E-state index in [1.807, 2.05) is 68.4 Å². The zero-order chi connectivity index (χ0) is 43.3. The van der Waals surface area contributed by atoms with Gasteiger partial charge in [-0.2, -0.15) is 0 Å². The van der Waals surface area contributed by atoms with Crippen LogP contribution >= 0.6 is 0 Å². The molecule has 1 fully saturated rings. The summed E-state index contributed by atoms with van der Waals surface area (Å²) < 4.78 is 32.6. The van der Waals surface area contributed by atoms with Crippen molar-refractivity contribution in [3.05, 3.63) is 78.5 Å². The number of para-hydroxylation sites is 1. The first-order valence-electron chi connectivity index (χ1n) is 20.3. The molecule has 0 amide bonds. The number of ketones is 2. The number of carbonyl (C=O) groups is 4. The van der Waals surface area contributed by atoms with Gasteiger partial charge in [0.05, 0.1) is 36.0 Å². The lowest BCUT2D eigenvalue weighted by Crippen LogP contribution is -2.64. The Labute approximate surface area is 346 Å². The van der Waals surface area contributed by atoms with Gasteiger partial charge in [-0.1, -0.05) is 51.1 Å². The minimum Gasteiger partial charge on any atom is -0.457 e. The standard InChI is InChI=1S/C45H60N4O10/c1-11-37-43(7,59-42(53)49-19-18-46-27-49)23-28(2)38(50)29(3)24-44(8,56-20-14-15-33-22-34-16-12-13-17-35(34)47-25-33)40(31(5)39(51)32(6)41(52)57-37)58-45(54)26-55-30(4)21-36(45)48(9)10/h12-19,22-23,25,27,29-32,36-37,40,54H,11,20-21,24,26H2,1-10H3/b15-14+,28-23+/t29-,30-,31+,32-,36+,37-,40-,43+,44-,45-/m1/s1. The third-order valence-electron chi connectivity index (χ3n) is 11.7. The number of pyridine rings is 1. The Kier molecular flexibility index (Phi) is 14.5. The van der Waals surface area contributed by atoms with E-state index >= 15 is 0 Å². The summed E-state index contributed by atoms with van der Waals surface area (Å²) in [4.78, 5) is 66.6. The van der Waals surface area contributed by atoms with Gasteiger partial charge in [0, 0.05) is 35.8 Å². The predicted octanol–water partition coefficient (Wildman–Crippen LogP) is 6.19. The molecule has 0 radical (unpaired) electrons. The molecule has 0 spiro atoms. The van der Waals surface area contributed by atoms with Gasteiger partial charge in [0.1, 0.15) is 25.0 Å². The second-order valence-corrected chi connectivity index (χ2v) is 16.8. The normalized spacial score (nSPS) is 33.7. The van der Waals surface area contributed by atoms with Crippen LogP contribution in [0.1, 0.15) is 80.2 Å². The molecule has 0 bridgehead atoms. The van der Waals surface area contributed by atoms with Crippen LogP contribution in [0, 0.1) is 17.8 Å². The van der Waals surface area contributed by atoms with E-state index in [0.717, 1.165) is 21.0 Å². The number of rotatable bonds is 9. The van der Waals surface area contributed by atoms with Gasteiger partial charge in [0.15, 0.2) is 17.2 Å². The maximum atomic E-state index is 14.6. The number of ether oxygens (including phenoxy) is 5. The smallest absolute Gasteiger partial charge is 0.420 e. The van der Waals surface area contributed by atoms with Gasteiger partial charge in [0.25, 0.3) is 0 Å². The predicted molar refractivity (Wildman–Crippen MR) is 221 cm³/mol. The van der Waals surface area contributed by atoms with Crippen molar-refractivity contribution in [2.75, 3.05) is 27.3 Å². The minimum absolute atomic E-state index is 0.0287. The highest BCUT2D eigenvalue weighted by atomic mass is 16.7. The Balaban J connectivity index is 1.58. The number of imidazole rings is 1. The molecule has 10 atom stereocenters. The van der Waals surface area contributed by atoms with Gasteiger partial charge in [-0.05, 0) is 97.3 Å². The zero-order valence-electron chi connectivity index (χ0n) is 35.9. The number of aromatic nitrogens is 3. The SMILES string of the molecule is CC[C@H]1OC(=O)[C@H](C)C(=O)[C@H](C)[C@@H](O[C@]2(O)CO[C@H](C)C[C@@H]2N(C)C)[C@](C)(OC/C=C/c2cnc3ccccc3c2)C[C@@H](C)C(=O)/C(C)=C/[C@]1(C)OC(=O)n1ccnc1. The van der Waals surface area contributed by atoms with Crippen molar-refractivity contribution in [2.24, 2.45) is 17.8 Å². The highest BCUT2D eigenvalue weighted by molar-refractivity contribution is 6.00. The summed E-state index contributed by atoms with van der Waals surface area (Å²) in [6.07, 6.45) is 8.45. The van der Waals surface area contributed by atoms with Gasteiger partial charge in [-0.3, -0.25) is 19.4 Å². The lowest BCUT2D eigenvalue weighted by molar-refractivity contribution is -0.333. The molecule has 0 aliphatic carbocycles. The summed E-state index contributed by atoms with van der Waals surface area (Å²) in [5, 5.41) is 13.3. The van der Waals surface area contributed by atoms with E-state index in [1.54, 1.807) is 47.7 Å². The topological polar surface area (TPSA) is 169 Å². The van der Waals surface area contributed by atoms with Gasteiger partial charge < -0.3 is 33.7 Å². The van der Waals surface area contributed by atoms with E-state index in [0.29, 0.717) is 6.42 Å². The number of esters is 1. The van der Waals surface area contributed by atoms with Crippen molar-refractivity contribution in [1.82, 2.24) is 19.4 Å². The van der Waals surface area contributed by atoms with E-state index in [2.05, 4.69) is 9.97 Å². The maximum Gasteiger partial charge on any atom is 0.420 e. The number of hydrogen-bond donors (Lipinski definition) is 1. The largest absolute Gasteiger partial charge is 0.457 e. The van der Waals surface area contributed by atoms with Gasteiger partial charge in [0.2, 0.25) is 5.79 Å². The molecule has 0 saturated carbocycles. The van der Waals surface area contributed by atoms with E-state index < -0.39 is 70.8 Å². The number of hydrogen-bond acceptors (Lipinski definition) is 13. The van der Waals surface area contributed by atoms with Crippen LogP contribution in [0.3, 0.4) is 0 Å². The number of allylic oxidation sites excluding steroid dienone is 1. The summed E-state index contributed by atoms with van der Waals surface area (Å²) >= 11 is 0. The Morgan fingerprint density at radius 1 is 1.12 bits per heavy atom. The van der Waals surface area contributed by atoms with Crippen LogP contribution in [0.2, 0.25) is 0 Å². The van der Waals surface area contributed by atoms with E-state index in [9.17, 15) is 24.3 Å². The molecule has 3 aromatic rings. The first kappa shape index (κ1) is 45.5. The Hall–Kier alpha value is -4.60. The van der Waals surface area contributed by atoms with Crippen LogP contribution in [0.25, 0.3) is 17.0 Å². The van der Waals surface area contributed by atoms with Crippen molar-refractivity contribution >= 4 is 40.6 Å². The summed E-state index contributed by atoms with van der Waals surface area (Å²) in [6.45, 7) is 13.3. The molecule has 2 aromatic heterocycles. The van der Waals surface area contributed by atoms with Crippen LogP contribution in [0.4, 0.5) is 4.79 Å². The average Bonchev–Trinajstić information content (AvgIpc) is 3.75. The molecule has 1 N–H and O–H groups in total. The summed E-state index contributed by atoms with van der Waals surface area (Å²) in [5.41, 5.74) is -1.09. The van der Waals surface area contributed by atoms with E-state index in [-0.39, 0.29) is 43.5 Å². The first-order chi connectivity index (χ1) is 27.8. The van der Waals surface area contributed by atoms with Gasteiger partial charge in [-0.15, -0.1) is 0 Å². The second-order valence-electron chi connectivity index (χ2n) is 16.8. The fraction of sp³-hybridized carbons (Fsp3) is 0.556. The molecule has 59 heavy (non-hydrogen) atoms. The number of carbonyl (C=O) groups excluding carboxylic acids is 4. The summed E-state index contributed by atoms with van der Waals surface area (Å²) in [5.74, 6) is -6.71. The molecule has 5 rings (SSSR count). The fourth-order valence-corrected chi connectivity index (χ4v) is 8.38. The summed E-state index contributed by atoms with van der Waals surface area (Å²) in [7, 11) is 3.67. The lowest BCUT2D eigenvalue weighted by Gasteiger charge is -2.50. The summed E-state index contributed by atoms with van der Waals surface area (Å²) in [6, 6.07) is 9.26. The third kappa shape index (κ3) is 10.4. The third-order valence-corrected chi connectivity index (χ3v) is 11.7. The van der Waals surface area contributed by atoms with Crippen LogP contribution in [0.5, 0.6) is 0 Å². The average molecular weight is 817 g/mol. The fourth-order valence-electron chi connectivity index (χ4n) is 8.38. The lowest BCUT2D eigenvalue weighted by atomic mass is 9.76. The molecule has 2 aliphatic rings. The van der Waals surface area contributed by atoms with E-state index in [1.165, 1.54) is 31.7 Å². The maximum absolute atomic E-state index is 14.6. The van der Waals surface area contributed by atoms with Crippen molar-refractivity contribution in [1.29, 1.82) is 0 Å². The molecule has 14 heteroatoms. The molecule has 14 nitrogen and oxygen atoms in total. The molecule has 2 aliphatic heterocycles. The van der Waals surface area contributed by atoms with Gasteiger partial charge in [-0.25, -0.2) is 14.3 Å². The number of Topliss-reactive ketones (excluding diaryl/α,β-unsaturated/α-hetero) is 2. The quantitative estimate of drug-likeness (QED) is 0.148. The Morgan fingerprint density at radius 3 is 2.53 bits per heavy atom. The molecule has 0 unspecified atom stereocenters. The van der Waals surface area contributed by atoms with Crippen molar-refractivity contribution in [3.8, 4) is 0 Å². The number of benzene rings is 1. The van der Waals surface area contributed by atoms with Crippen molar-refractivity contribution in [2.45, 2.75) is 116 Å².